The molecule has 1 aromatic heterocycles. The first-order valence-electron chi connectivity index (χ1n) is 9.16. The van der Waals surface area contributed by atoms with Gasteiger partial charge in [0.25, 0.3) is 0 Å². The number of pyridine rings is 1. The first kappa shape index (κ1) is 19.8. The van der Waals surface area contributed by atoms with E-state index in [9.17, 15) is 24.9 Å². The van der Waals surface area contributed by atoms with Gasteiger partial charge in [-0.2, -0.15) is 0 Å². The van der Waals surface area contributed by atoms with Crippen LogP contribution in [0.5, 0.6) is 0 Å². The number of hydrogen-bond donors (Lipinski definition) is 3. The Balaban J connectivity index is 2.03. The molecular weight excluding hydrogens is 360 g/mol. The third kappa shape index (κ3) is 3.57. The van der Waals surface area contributed by atoms with Crippen molar-refractivity contribution < 1.29 is 24.9 Å². The fraction of sp³-hybridized carbons (Fsp3) is 0.381. The molecule has 28 heavy (non-hydrogen) atoms. The number of rotatable bonds is 5. The zero-order valence-corrected chi connectivity index (χ0v) is 15.9. The van der Waals surface area contributed by atoms with Gasteiger partial charge < -0.3 is 20.2 Å². The van der Waals surface area contributed by atoms with Crippen LogP contribution in [-0.4, -0.2) is 51.4 Å². The second kappa shape index (κ2) is 7.59. The summed E-state index contributed by atoms with van der Waals surface area (Å²) >= 11 is 0. The highest BCUT2D eigenvalue weighted by Crippen LogP contribution is 2.37. The van der Waals surface area contributed by atoms with Crippen LogP contribution in [0.15, 0.2) is 36.4 Å². The molecule has 2 heterocycles. The van der Waals surface area contributed by atoms with Gasteiger partial charge in [-0.3, -0.25) is 4.79 Å². The van der Waals surface area contributed by atoms with E-state index in [2.05, 4.69) is 4.98 Å². The zero-order valence-electron chi connectivity index (χ0n) is 15.9. The van der Waals surface area contributed by atoms with Crippen LogP contribution < -0.4 is 4.90 Å². The van der Waals surface area contributed by atoms with Crippen LogP contribution in [0.1, 0.15) is 33.6 Å². The van der Waals surface area contributed by atoms with Crippen molar-refractivity contribution in [3.63, 3.8) is 0 Å². The summed E-state index contributed by atoms with van der Waals surface area (Å²) in [5.41, 5.74) is 0.841. The largest absolute Gasteiger partial charge is 0.481 e. The van der Waals surface area contributed by atoms with Gasteiger partial charge in [0.1, 0.15) is 16.8 Å². The first-order chi connectivity index (χ1) is 13.2. The van der Waals surface area contributed by atoms with Crippen LogP contribution in [-0.2, 0) is 11.2 Å². The number of benzene rings is 1. The van der Waals surface area contributed by atoms with E-state index in [0.717, 1.165) is 11.1 Å². The number of aromatic nitrogens is 1. The number of aryl methyl sites for hydroxylation is 2. The summed E-state index contributed by atoms with van der Waals surface area (Å²) in [7, 11) is 0. The number of anilines is 1. The van der Waals surface area contributed by atoms with Gasteiger partial charge in [-0.15, -0.1) is 0 Å². The quantitative estimate of drug-likeness (QED) is 0.725. The summed E-state index contributed by atoms with van der Waals surface area (Å²) < 4.78 is 0. The van der Waals surface area contributed by atoms with E-state index >= 15 is 0 Å². The van der Waals surface area contributed by atoms with Crippen molar-refractivity contribution >= 4 is 17.8 Å². The summed E-state index contributed by atoms with van der Waals surface area (Å²) in [5.74, 6) is -1.96. The number of carbonyl (C=O) groups is 2. The number of carboxylic acids is 2. The van der Waals surface area contributed by atoms with E-state index in [4.69, 9.17) is 0 Å². The van der Waals surface area contributed by atoms with E-state index < -0.39 is 23.5 Å². The fourth-order valence-corrected chi connectivity index (χ4v) is 3.77. The molecular formula is C21H24N2O5. The second-order valence-corrected chi connectivity index (χ2v) is 7.42. The predicted molar refractivity (Wildman–Crippen MR) is 104 cm³/mol. The molecule has 0 spiro atoms. The minimum atomic E-state index is -1.45. The van der Waals surface area contributed by atoms with Crippen LogP contribution in [0.25, 0.3) is 0 Å². The van der Waals surface area contributed by atoms with E-state index in [1.165, 1.54) is 0 Å². The van der Waals surface area contributed by atoms with Crippen molar-refractivity contribution in [2.75, 3.05) is 18.0 Å². The maximum Gasteiger partial charge on any atom is 0.339 e. The highest BCUT2D eigenvalue weighted by atomic mass is 16.4. The van der Waals surface area contributed by atoms with Gasteiger partial charge in [-0.1, -0.05) is 30.3 Å². The molecule has 3 rings (SSSR count). The van der Waals surface area contributed by atoms with Crippen molar-refractivity contribution in [1.29, 1.82) is 0 Å². The van der Waals surface area contributed by atoms with Gasteiger partial charge in [0.15, 0.2) is 0 Å². The van der Waals surface area contributed by atoms with Crippen LogP contribution >= 0.6 is 0 Å². The van der Waals surface area contributed by atoms with Gasteiger partial charge in [0.2, 0.25) is 0 Å². The van der Waals surface area contributed by atoms with Crippen LogP contribution in [0, 0.1) is 19.3 Å². The average Bonchev–Trinajstić information content (AvgIpc) is 2.66. The highest BCUT2D eigenvalue weighted by molar-refractivity contribution is 5.94. The number of aliphatic carboxylic acids is 1. The molecule has 2 atom stereocenters. The third-order valence-electron chi connectivity index (χ3n) is 5.55. The van der Waals surface area contributed by atoms with E-state index in [-0.39, 0.29) is 30.8 Å². The minimum Gasteiger partial charge on any atom is -0.481 e. The molecule has 7 heteroatoms. The maximum atomic E-state index is 12.3. The number of aliphatic hydroxyl groups excluding tert-OH is 1. The monoisotopic (exact) mass is 384 g/mol. The lowest BCUT2D eigenvalue weighted by Crippen LogP contribution is -2.57. The lowest BCUT2D eigenvalue weighted by atomic mass is 9.72. The van der Waals surface area contributed by atoms with Gasteiger partial charge >= 0.3 is 11.9 Å². The molecule has 0 amide bonds. The molecule has 1 saturated heterocycles. The molecule has 0 radical (unpaired) electrons. The Morgan fingerprint density at radius 2 is 1.89 bits per heavy atom. The summed E-state index contributed by atoms with van der Waals surface area (Å²) in [6, 6.07) is 10.7. The topological polar surface area (TPSA) is 111 Å². The molecule has 3 N–H and O–H groups in total. The van der Waals surface area contributed by atoms with Gasteiger partial charge in [0.05, 0.1) is 6.10 Å². The molecule has 0 unspecified atom stereocenters. The zero-order chi connectivity index (χ0) is 20.5. The summed E-state index contributed by atoms with van der Waals surface area (Å²) in [6.45, 7) is 3.89. The molecule has 0 bridgehead atoms. The first-order valence-corrected chi connectivity index (χ1v) is 9.16. The number of aromatic carboxylic acids is 1. The number of aliphatic hydroxyl groups is 1. The Labute approximate surface area is 163 Å². The second-order valence-electron chi connectivity index (χ2n) is 7.42. The number of nitrogens with zero attached hydrogens (tertiary/aromatic N) is 2. The Morgan fingerprint density at radius 3 is 2.50 bits per heavy atom. The highest BCUT2D eigenvalue weighted by Gasteiger charge is 2.50. The van der Waals surface area contributed by atoms with E-state index in [1.54, 1.807) is 24.8 Å². The molecule has 1 aliphatic rings. The molecule has 2 aromatic rings. The number of hydrogen-bond acceptors (Lipinski definition) is 5. The third-order valence-corrected chi connectivity index (χ3v) is 5.55. The Hall–Kier alpha value is -2.93. The summed E-state index contributed by atoms with van der Waals surface area (Å²) in [6.07, 6.45) is -0.678. The molecule has 0 aliphatic carbocycles. The van der Waals surface area contributed by atoms with Crippen LogP contribution in [0.3, 0.4) is 0 Å². The SMILES string of the molecule is Cc1cc(C(=O)O)c(N2CC[C@H](O)[C@@](Cc3ccccc3)(C(=O)O)C2)nc1C. The molecule has 1 fully saturated rings. The van der Waals surface area contributed by atoms with Crippen molar-refractivity contribution in [3.05, 3.63) is 58.8 Å². The van der Waals surface area contributed by atoms with E-state index in [1.807, 2.05) is 30.3 Å². The Morgan fingerprint density at radius 1 is 1.21 bits per heavy atom. The minimum absolute atomic E-state index is 0.0197. The normalized spacial score (nSPS) is 22.1. The van der Waals surface area contributed by atoms with Gasteiger partial charge in [-0.25, -0.2) is 9.78 Å². The Kier molecular flexibility index (Phi) is 5.38. The Bertz CT molecular complexity index is 899. The standard InChI is InChI=1S/C21H24N2O5/c1-13-10-16(19(25)26)18(22-14(13)2)23-9-8-17(24)21(12-23,20(27)28)11-15-6-4-3-5-7-15/h3-7,10,17,24H,8-9,11-12H2,1-2H3,(H,25,26)(H,27,28)/t17-,21-/m0/s1. The van der Waals surface area contributed by atoms with Crippen molar-refractivity contribution in [1.82, 2.24) is 4.98 Å². The predicted octanol–water partition coefficient (Wildman–Crippen LogP) is 2.28. The fourth-order valence-electron chi connectivity index (χ4n) is 3.77. The van der Waals surface area contributed by atoms with Crippen molar-refractivity contribution in [2.45, 2.75) is 32.8 Å². The maximum absolute atomic E-state index is 12.3. The molecule has 1 aliphatic heterocycles. The van der Waals surface area contributed by atoms with Gasteiger partial charge in [0, 0.05) is 18.8 Å². The summed E-state index contributed by atoms with van der Waals surface area (Å²) in [4.78, 5) is 30.2. The summed E-state index contributed by atoms with van der Waals surface area (Å²) in [5, 5.41) is 30.3. The molecule has 7 nitrogen and oxygen atoms in total. The molecule has 1 aromatic carbocycles. The average molecular weight is 384 g/mol. The lowest BCUT2D eigenvalue weighted by molar-refractivity contribution is -0.157. The molecule has 148 valence electrons. The number of piperidine rings is 1. The smallest absolute Gasteiger partial charge is 0.339 e. The van der Waals surface area contributed by atoms with Crippen molar-refractivity contribution in [3.8, 4) is 0 Å². The number of carboxylic acid groups (broad SMARTS) is 2. The van der Waals surface area contributed by atoms with Crippen LogP contribution in [0.4, 0.5) is 5.82 Å². The lowest BCUT2D eigenvalue weighted by Gasteiger charge is -2.44. The van der Waals surface area contributed by atoms with Crippen molar-refractivity contribution in [2.24, 2.45) is 5.41 Å². The van der Waals surface area contributed by atoms with Crippen LogP contribution in [0.2, 0.25) is 0 Å². The molecule has 0 saturated carbocycles. The van der Waals surface area contributed by atoms with Gasteiger partial charge in [-0.05, 0) is 43.9 Å². The van der Waals surface area contributed by atoms with E-state index in [0.29, 0.717) is 12.2 Å².